The molecular formula is C13H24N2. The highest BCUT2D eigenvalue weighted by Gasteiger charge is 2.15. The Labute approximate surface area is 94.4 Å². The maximum atomic E-state index is 3.42. The summed E-state index contributed by atoms with van der Waals surface area (Å²) in [5, 5.41) is 3.42. The minimum absolute atomic E-state index is 0.904. The molecule has 0 aliphatic carbocycles. The van der Waals surface area contributed by atoms with Crippen molar-refractivity contribution in [2.24, 2.45) is 5.92 Å². The molecule has 86 valence electrons. The van der Waals surface area contributed by atoms with Crippen molar-refractivity contribution in [2.75, 3.05) is 32.7 Å². The van der Waals surface area contributed by atoms with Crippen LogP contribution in [0.2, 0.25) is 0 Å². The van der Waals surface area contributed by atoms with E-state index < -0.39 is 0 Å². The lowest BCUT2D eigenvalue weighted by molar-refractivity contribution is 0.217. The van der Waals surface area contributed by atoms with Gasteiger partial charge < -0.3 is 10.2 Å². The first kappa shape index (κ1) is 12.5. The standard InChI is InChI=1S/C13H24N2/c1-3-5-6-11-15(4-2)12-13-7-9-14-10-8-13/h13-14H,4,6-12H2,1-2H3. The molecule has 1 aliphatic rings. The predicted octanol–water partition coefficient (Wildman–Crippen LogP) is 1.72. The van der Waals surface area contributed by atoms with E-state index in [0.29, 0.717) is 0 Å². The van der Waals surface area contributed by atoms with Gasteiger partial charge in [0.1, 0.15) is 0 Å². The first-order chi connectivity index (χ1) is 7.36. The average Bonchev–Trinajstić information content (AvgIpc) is 2.29. The monoisotopic (exact) mass is 208 g/mol. The maximum Gasteiger partial charge on any atom is 0.0216 e. The molecule has 0 aromatic rings. The Morgan fingerprint density at radius 2 is 2.07 bits per heavy atom. The van der Waals surface area contributed by atoms with Gasteiger partial charge in [0, 0.05) is 19.5 Å². The SMILES string of the molecule is CC#CCCN(CC)CC1CCNCC1. The third kappa shape index (κ3) is 5.20. The topological polar surface area (TPSA) is 15.3 Å². The molecule has 15 heavy (non-hydrogen) atoms. The molecule has 0 atom stereocenters. The fourth-order valence-electron chi connectivity index (χ4n) is 2.15. The van der Waals surface area contributed by atoms with E-state index in [1.165, 1.54) is 32.5 Å². The lowest BCUT2D eigenvalue weighted by Gasteiger charge is -2.28. The lowest BCUT2D eigenvalue weighted by atomic mass is 9.97. The molecule has 0 spiro atoms. The summed E-state index contributed by atoms with van der Waals surface area (Å²) < 4.78 is 0. The zero-order valence-corrected chi connectivity index (χ0v) is 10.2. The predicted molar refractivity (Wildman–Crippen MR) is 65.8 cm³/mol. The normalized spacial score (nSPS) is 17.5. The van der Waals surface area contributed by atoms with E-state index >= 15 is 0 Å². The first-order valence-electron chi connectivity index (χ1n) is 6.19. The third-order valence-corrected chi connectivity index (χ3v) is 3.15. The van der Waals surface area contributed by atoms with Crippen molar-refractivity contribution in [2.45, 2.75) is 33.1 Å². The van der Waals surface area contributed by atoms with Gasteiger partial charge in [-0.05, 0) is 45.3 Å². The van der Waals surface area contributed by atoms with Crippen molar-refractivity contribution in [3.05, 3.63) is 0 Å². The highest BCUT2D eigenvalue weighted by molar-refractivity contribution is 4.95. The number of rotatable bonds is 5. The molecule has 1 N–H and O–H groups in total. The zero-order valence-electron chi connectivity index (χ0n) is 10.2. The summed E-state index contributed by atoms with van der Waals surface area (Å²) >= 11 is 0. The minimum atomic E-state index is 0.904. The number of nitrogens with zero attached hydrogens (tertiary/aromatic N) is 1. The van der Waals surface area contributed by atoms with Crippen molar-refractivity contribution in [3.8, 4) is 11.8 Å². The minimum Gasteiger partial charge on any atom is -0.317 e. The molecule has 0 aromatic heterocycles. The summed E-state index contributed by atoms with van der Waals surface area (Å²) in [5.74, 6) is 7.01. The first-order valence-corrected chi connectivity index (χ1v) is 6.19. The number of hydrogen-bond acceptors (Lipinski definition) is 2. The molecule has 1 heterocycles. The molecule has 0 bridgehead atoms. The molecule has 0 unspecified atom stereocenters. The maximum absolute atomic E-state index is 3.42. The Morgan fingerprint density at radius 3 is 2.67 bits per heavy atom. The number of nitrogens with one attached hydrogen (secondary N) is 1. The van der Waals surface area contributed by atoms with Crippen LogP contribution < -0.4 is 5.32 Å². The average molecular weight is 208 g/mol. The van der Waals surface area contributed by atoms with Crippen LogP contribution in [0, 0.1) is 17.8 Å². The molecule has 2 nitrogen and oxygen atoms in total. The Balaban J connectivity index is 2.21. The Kier molecular flexibility index (Phi) is 6.47. The van der Waals surface area contributed by atoms with Gasteiger partial charge in [0.05, 0.1) is 0 Å². The highest BCUT2D eigenvalue weighted by atomic mass is 15.1. The van der Waals surface area contributed by atoms with Gasteiger partial charge in [-0.2, -0.15) is 0 Å². The van der Waals surface area contributed by atoms with Crippen LogP contribution in [0.4, 0.5) is 0 Å². The van der Waals surface area contributed by atoms with Crippen LogP contribution in [0.15, 0.2) is 0 Å². The summed E-state index contributed by atoms with van der Waals surface area (Å²) in [6, 6.07) is 0. The summed E-state index contributed by atoms with van der Waals surface area (Å²) in [6.45, 7) is 10.2. The molecular weight excluding hydrogens is 184 g/mol. The fraction of sp³-hybridized carbons (Fsp3) is 0.846. The summed E-state index contributed by atoms with van der Waals surface area (Å²) in [7, 11) is 0. The molecule has 1 fully saturated rings. The van der Waals surface area contributed by atoms with Crippen LogP contribution in [0.3, 0.4) is 0 Å². The van der Waals surface area contributed by atoms with Crippen molar-refractivity contribution in [1.82, 2.24) is 10.2 Å². The van der Waals surface area contributed by atoms with Gasteiger partial charge >= 0.3 is 0 Å². The molecule has 0 saturated carbocycles. The van der Waals surface area contributed by atoms with Crippen molar-refractivity contribution in [3.63, 3.8) is 0 Å². The van der Waals surface area contributed by atoms with Gasteiger partial charge in [0.25, 0.3) is 0 Å². The van der Waals surface area contributed by atoms with Gasteiger partial charge in [0.2, 0.25) is 0 Å². The van der Waals surface area contributed by atoms with E-state index in [-0.39, 0.29) is 0 Å². The second-order valence-corrected chi connectivity index (χ2v) is 4.26. The van der Waals surface area contributed by atoms with E-state index in [1.54, 1.807) is 0 Å². The van der Waals surface area contributed by atoms with E-state index in [9.17, 15) is 0 Å². The molecule has 0 radical (unpaired) electrons. The molecule has 2 heteroatoms. The van der Waals surface area contributed by atoms with Crippen LogP contribution in [0.1, 0.15) is 33.1 Å². The molecule has 0 aromatic carbocycles. The second kappa shape index (κ2) is 7.73. The zero-order chi connectivity index (χ0) is 10.9. The summed E-state index contributed by atoms with van der Waals surface area (Å²) in [5.41, 5.74) is 0. The largest absolute Gasteiger partial charge is 0.317 e. The molecule has 1 aliphatic heterocycles. The van der Waals surface area contributed by atoms with Crippen LogP contribution in [-0.4, -0.2) is 37.6 Å². The smallest absolute Gasteiger partial charge is 0.0216 e. The van der Waals surface area contributed by atoms with Crippen molar-refractivity contribution >= 4 is 0 Å². The molecule has 0 amide bonds. The van der Waals surface area contributed by atoms with Gasteiger partial charge in [0.15, 0.2) is 0 Å². The molecule has 1 saturated heterocycles. The third-order valence-electron chi connectivity index (χ3n) is 3.15. The lowest BCUT2D eigenvalue weighted by Crippen LogP contribution is -2.36. The summed E-state index contributed by atoms with van der Waals surface area (Å²) in [6.07, 6.45) is 3.71. The van der Waals surface area contributed by atoms with Crippen LogP contribution in [0.5, 0.6) is 0 Å². The number of piperidine rings is 1. The Morgan fingerprint density at radius 1 is 1.33 bits per heavy atom. The molecule has 1 rings (SSSR count). The summed E-state index contributed by atoms with van der Waals surface area (Å²) in [4.78, 5) is 2.54. The van der Waals surface area contributed by atoms with Gasteiger partial charge in [-0.25, -0.2) is 0 Å². The van der Waals surface area contributed by atoms with Gasteiger partial charge in [-0.1, -0.05) is 6.92 Å². The Bertz CT molecular complexity index is 208. The van der Waals surface area contributed by atoms with E-state index in [4.69, 9.17) is 0 Å². The van der Waals surface area contributed by atoms with Crippen LogP contribution >= 0.6 is 0 Å². The van der Waals surface area contributed by atoms with Crippen molar-refractivity contribution in [1.29, 1.82) is 0 Å². The Hall–Kier alpha value is -0.520. The fourth-order valence-corrected chi connectivity index (χ4v) is 2.15. The van der Waals surface area contributed by atoms with Gasteiger partial charge in [-0.15, -0.1) is 11.8 Å². The van der Waals surface area contributed by atoms with Crippen LogP contribution in [0.25, 0.3) is 0 Å². The van der Waals surface area contributed by atoms with E-state index in [1.807, 2.05) is 6.92 Å². The highest BCUT2D eigenvalue weighted by Crippen LogP contribution is 2.13. The van der Waals surface area contributed by atoms with Crippen LogP contribution in [-0.2, 0) is 0 Å². The van der Waals surface area contributed by atoms with Crippen molar-refractivity contribution < 1.29 is 0 Å². The second-order valence-electron chi connectivity index (χ2n) is 4.26. The number of hydrogen-bond donors (Lipinski definition) is 1. The van der Waals surface area contributed by atoms with E-state index in [0.717, 1.165) is 25.4 Å². The van der Waals surface area contributed by atoms with E-state index in [2.05, 4.69) is 29.0 Å². The van der Waals surface area contributed by atoms with Gasteiger partial charge in [-0.3, -0.25) is 0 Å². The quantitative estimate of drug-likeness (QED) is 0.692.